The van der Waals surface area contributed by atoms with Gasteiger partial charge in [0, 0.05) is 38.1 Å². The lowest BCUT2D eigenvalue weighted by atomic mass is 10.2. The highest BCUT2D eigenvalue weighted by molar-refractivity contribution is 5.81. The molecule has 3 nitrogen and oxygen atoms in total. The van der Waals surface area contributed by atoms with Crippen molar-refractivity contribution in [3.8, 4) is 0 Å². The average molecular weight is 293 g/mol. The van der Waals surface area contributed by atoms with E-state index in [1.54, 1.807) is 0 Å². The van der Waals surface area contributed by atoms with Gasteiger partial charge in [-0.05, 0) is 36.4 Å². The summed E-state index contributed by atoms with van der Waals surface area (Å²) in [5, 5.41) is 0. The minimum Gasteiger partial charge on any atom is -0.369 e. The molecule has 114 valence electrons. The van der Waals surface area contributed by atoms with Crippen molar-refractivity contribution >= 4 is 17.6 Å². The predicted octanol–water partition coefficient (Wildman–Crippen LogP) is 3.58. The lowest BCUT2D eigenvalue weighted by Gasteiger charge is -2.35. The molecular formula is C19H23N3. The molecular weight excluding hydrogens is 270 g/mol. The van der Waals surface area contributed by atoms with Crippen LogP contribution in [0.2, 0.25) is 0 Å². The van der Waals surface area contributed by atoms with E-state index in [1.165, 1.54) is 5.69 Å². The summed E-state index contributed by atoms with van der Waals surface area (Å²) in [4.78, 5) is 9.49. The number of aliphatic imine (C=N–C) groups is 1. The monoisotopic (exact) mass is 293 g/mol. The summed E-state index contributed by atoms with van der Waals surface area (Å²) >= 11 is 0. The van der Waals surface area contributed by atoms with Crippen molar-refractivity contribution in [2.24, 2.45) is 4.99 Å². The minimum absolute atomic E-state index is 1.000. The van der Waals surface area contributed by atoms with Crippen molar-refractivity contribution in [2.75, 3.05) is 37.6 Å². The van der Waals surface area contributed by atoms with E-state index < -0.39 is 0 Å². The number of piperazine rings is 1. The van der Waals surface area contributed by atoms with Crippen molar-refractivity contribution in [2.45, 2.75) is 6.92 Å². The number of likely N-dealkylation sites (N-methyl/N-ethyl adjacent to an activating group) is 1. The second kappa shape index (κ2) is 7.23. The van der Waals surface area contributed by atoms with E-state index in [0.717, 1.165) is 44.0 Å². The third-order valence-corrected chi connectivity index (χ3v) is 4.20. The first-order valence-corrected chi connectivity index (χ1v) is 8.01. The summed E-state index contributed by atoms with van der Waals surface area (Å²) in [5.41, 5.74) is 3.43. The summed E-state index contributed by atoms with van der Waals surface area (Å²) in [7, 11) is 0. The minimum atomic E-state index is 1.000. The Balaban J connectivity index is 1.62. The molecule has 0 bridgehead atoms. The van der Waals surface area contributed by atoms with Gasteiger partial charge in [-0.3, -0.25) is 4.99 Å². The van der Waals surface area contributed by atoms with Crippen LogP contribution in [0.4, 0.5) is 11.4 Å². The molecule has 1 aliphatic heterocycles. The molecule has 0 aliphatic carbocycles. The van der Waals surface area contributed by atoms with Gasteiger partial charge in [0.1, 0.15) is 0 Å². The van der Waals surface area contributed by atoms with Crippen molar-refractivity contribution < 1.29 is 0 Å². The van der Waals surface area contributed by atoms with Gasteiger partial charge in [-0.2, -0.15) is 0 Å². The van der Waals surface area contributed by atoms with E-state index in [-0.39, 0.29) is 0 Å². The molecule has 0 aromatic heterocycles. The van der Waals surface area contributed by atoms with Crippen molar-refractivity contribution in [3.63, 3.8) is 0 Å². The molecule has 0 radical (unpaired) electrons. The molecule has 1 fully saturated rings. The highest BCUT2D eigenvalue weighted by Gasteiger charge is 2.15. The van der Waals surface area contributed by atoms with Crippen LogP contribution in [-0.4, -0.2) is 43.8 Å². The fourth-order valence-electron chi connectivity index (χ4n) is 2.76. The first kappa shape index (κ1) is 14.8. The molecule has 0 unspecified atom stereocenters. The zero-order valence-corrected chi connectivity index (χ0v) is 13.2. The third kappa shape index (κ3) is 3.74. The summed E-state index contributed by atoms with van der Waals surface area (Å²) in [6.07, 6.45) is 1.91. The molecule has 0 saturated carbocycles. The van der Waals surface area contributed by atoms with Crippen LogP contribution < -0.4 is 4.90 Å². The van der Waals surface area contributed by atoms with Gasteiger partial charge >= 0.3 is 0 Å². The SMILES string of the molecule is CCN1CCN(c2ccc(N=Cc3ccccc3)cc2)CC1. The number of benzene rings is 2. The van der Waals surface area contributed by atoms with Gasteiger partial charge in [0.25, 0.3) is 0 Å². The van der Waals surface area contributed by atoms with E-state index >= 15 is 0 Å². The topological polar surface area (TPSA) is 18.8 Å². The van der Waals surface area contributed by atoms with Crippen LogP contribution in [0.1, 0.15) is 12.5 Å². The Morgan fingerprint density at radius 1 is 0.909 bits per heavy atom. The van der Waals surface area contributed by atoms with E-state index in [4.69, 9.17) is 0 Å². The average Bonchev–Trinajstić information content (AvgIpc) is 2.61. The Kier molecular flexibility index (Phi) is 4.86. The predicted molar refractivity (Wildman–Crippen MR) is 94.5 cm³/mol. The lowest BCUT2D eigenvalue weighted by Crippen LogP contribution is -2.46. The Morgan fingerprint density at radius 3 is 2.23 bits per heavy atom. The molecule has 1 saturated heterocycles. The van der Waals surface area contributed by atoms with Gasteiger partial charge in [0.2, 0.25) is 0 Å². The molecule has 3 heteroatoms. The Bertz CT molecular complexity index is 596. The largest absolute Gasteiger partial charge is 0.369 e. The first-order valence-electron chi connectivity index (χ1n) is 8.01. The first-order chi connectivity index (χ1) is 10.8. The van der Waals surface area contributed by atoms with Crippen LogP contribution in [-0.2, 0) is 0 Å². The van der Waals surface area contributed by atoms with E-state index in [1.807, 2.05) is 24.4 Å². The quantitative estimate of drug-likeness (QED) is 0.802. The lowest BCUT2D eigenvalue weighted by molar-refractivity contribution is 0.271. The smallest absolute Gasteiger partial charge is 0.0631 e. The van der Waals surface area contributed by atoms with Crippen molar-refractivity contribution in [1.29, 1.82) is 0 Å². The molecule has 1 aliphatic rings. The summed E-state index contributed by atoms with van der Waals surface area (Å²) in [6.45, 7) is 7.92. The maximum absolute atomic E-state index is 4.54. The van der Waals surface area contributed by atoms with Crippen LogP contribution in [0.3, 0.4) is 0 Å². The maximum Gasteiger partial charge on any atom is 0.0631 e. The second-order valence-corrected chi connectivity index (χ2v) is 5.61. The van der Waals surface area contributed by atoms with Gasteiger partial charge in [0.05, 0.1) is 5.69 Å². The van der Waals surface area contributed by atoms with Crippen LogP contribution in [0.15, 0.2) is 59.6 Å². The zero-order valence-electron chi connectivity index (χ0n) is 13.2. The third-order valence-electron chi connectivity index (χ3n) is 4.20. The van der Waals surface area contributed by atoms with Crippen LogP contribution in [0.5, 0.6) is 0 Å². The molecule has 22 heavy (non-hydrogen) atoms. The normalized spacial score (nSPS) is 16.3. The molecule has 0 amide bonds. The van der Waals surface area contributed by atoms with Gasteiger partial charge in [0.15, 0.2) is 0 Å². The summed E-state index contributed by atoms with van der Waals surface area (Å²) < 4.78 is 0. The number of hydrogen-bond donors (Lipinski definition) is 0. The Morgan fingerprint density at radius 2 is 1.59 bits per heavy atom. The standard InChI is InChI=1S/C19H23N3/c1-2-21-12-14-22(15-13-21)19-10-8-18(9-11-19)20-16-17-6-4-3-5-7-17/h3-11,16H,2,12-15H2,1H3. The molecule has 1 heterocycles. The Hall–Kier alpha value is -2.13. The number of hydrogen-bond acceptors (Lipinski definition) is 3. The molecule has 2 aromatic carbocycles. The van der Waals surface area contributed by atoms with E-state index in [2.05, 4.69) is 58.1 Å². The van der Waals surface area contributed by atoms with Crippen molar-refractivity contribution in [1.82, 2.24) is 4.90 Å². The fourth-order valence-corrected chi connectivity index (χ4v) is 2.76. The molecule has 3 rings (SSSR count). The molecule has 0 N–H and O–H groups in total. The zero-order chi connectivity index (χ0) is 15.2. The van der Waals surface area contributed by atoms with Crippen LogP contribution in [0, 0.1) is 0 Å². The summed E-state index contributed by atoms with van der Waals surface area (Å²) in [6, 6.07) is 18.8. The molecule has 0 spiro atoms. The van der Waals surface area contributed by atoms with Crippen LogP contribution in [0.25, 0.3) is 0 Å². The molecule has 0 atom stereocenters. The van der Waals surface area contributed by atoms with Gasteiger partial charge < -0.3 is 9.80 Å². The highest BCUT2D eigenvalue weighted by Crippen LogP contribution is 2.21. The second-order valence-electron chi connectivity index (χ2n) is 5.61. The van der Waals surface area contributed by atoms with Gasteiger partial charge in [-0.1, -0.05) is 37.3 Å². The van der Waals surface area contributed by atoms with Gasteiger partial charge in [-0.25, -0.2) is 0 Å². The van der Waals surface area contributed by atoms with Gasteiger partial charge in [-0.15, -0.1) is 0 Å². The highest BCUT2D eigenvalue weighted by atomic mass is 15.3. The summed E-state index contributed by atoms with van der Waals surface area (Å²) in [5.74, 6) is 0. The maximum atomic E-state index is 4.54. The molecule has 2 aromatic rings. The number of anilines is 1. The number of nitrogens with zero attached hydrogens (tertiary/aromatic N) is 3. The fraction of sp³-hybridized carbons (Fsp3) is 0.316. The Labute approximate surface area is 132 Å². The number of rotatable bonds is 4. The van der Waals surface area contributed by atoms with E-state index in [0.29, 0.717) is 0 Å². The van der Waals surface area contributed by atoms with E-state index in [9.17, 15) is 0 Å². The van der Waals surface area contributed by atoms with Crippen molar-refractivity contribution in [3.05, 3.63) is 60.2 Å². The van der Waals surface area contributed by atoms with Crippen LogP contribution >= 0.6 is 0 Å².